The number of hydrogen-bond donors (Lipinski definition) is 2. The van der Waals surface area contributed by atoms with Crippen LogP contribution < -0.4 is 10.1 Å². The summed E-state index contributed by atoms with van der Waals surface area (Å²) >= 11 is 3.30. The topological polar surface area (TPSA) is 70.7 Å². The molecule has 0 spiro atoms. The monoisotopic (exact) mass is 363 g/mol. The molecule has 0 unspecified atom stereocenters. The van der Waals surface area contributed by atoms with Gasteiger partial charge < -0.3 is 10.1 Å². The first-order chi connectivity index (χ1) is 9.53. The molecule has 20 heavy (non-hydrogen) atoms. The summed E-state index contributed by atoms with van der Waals surface area (Å²) in [4.78, 5) is 2.84. The zero-order valence-corrected chi connectivity index (χ0v) is 13.6. The number of benzene rings is 1. The van der Waals surface area contributed by atoms with Crippen molar-refractivity contribution in [1.29, 1.82) is 0 Å². The molecule has 0 aliphatic carbocycles. The van der Waals surface area contributed by atoms with Crippen molar-refractivity contribution in [2.45, 2.75) is 11.4 Å². The number of nitrogens with zero attached hydrogens (tertiary/aromatic N) is 1. The van der Waals surface area contributed by atoms with E-state index in [0.717, 1.165) is 5.56 Å². The summed E-state index contributed by atoms with van der Waals surface area (Å²) in [5.41, 5.74) is 0.915. The maximum absolute atomic E-state index is 12.4. The number of sulfonamides is 1. The lowest BCUT2D eigenvalue weighted by Crippen LogP contribution is -2.48. The molecule has 2 rings (SSSR count). The Hall–Kier alpha value is -0.510. The Bertz CT molecular complexity index is 559. The zero-order valence-electron chi connectivity index (χ0n) is 11.2. The maximum Gasteiger partial charge on any atom is 0.254 e. The SMILES string of the molecule is CNCc1ccc(Br)c(S(=O)(=O)NN2CCOCC2)c1. The highest BCUT2D eigenvalue weighted by Gasteiger charge is 2.22. The molecule has 1 aromatic rings. The van der Waals surface area contributed by atoms with Crippen molar-refractivity contribution in [1.82, 2.24) is 15.2 Å². The van der Waals surface area contributed by atoms with Crippen molar-refractivity contribution >= 4 is 26.0 Å². The number of hydrazine groups is 1. The van der Waals surface area contributed by atoms with Crippen LogP contribution in [0.5, 0.6) is 0 Å². The molecule has 6 nitrogen and oxygen atoms in total. The molecule has 1 aliphatic rings. The fraction of sp³-hybridized carbons (Fsp3) is 0.500. The first kappa shape index (κ1) is 15.9. The van der Waals surface area contributed by atoms with E-state index in [1.54, 1.807) is 17.1 Å². The summed E-state index contributed by atoms with van der Waals surface area (Å²) < 4.78 is 30.6. The molecule has 2 N–H and O–H groups in total. The van der Waals surface area contributed by atoms with Crippen LogP contribution in [0.15, 0.2) is 27.6 Å². The number of nitrogens with one attached hydrogen (secondary N) is 2. The average molecular weight is 364 g/mol. The van der Waals surface area contributed by atoms with Crippen molar-refractivity contribution in [3.8, 4) is 0 Å². The highest BCUT2D eigenvalue weighted by molar-refractivity contribution is 9.10. The predicted molar refractivity (Wildman–Crippen MR) is 79.6 cm³/mol. The highest BCUT2D eigenvalue weighted by Crippen LogP contribution is 2.23. The van der Waals surface area contributed by atoms with Gasteiger partial charge in [0.2, 0.25) is 0 Å². The predicted octanol–water partition coefficient (Wildman–Crippen LogP) is 0.694. The molecule has 1 aromatic carbocycles. The molecule has 1 saturated heterocycles. The quantitative estimate of drug-likeness (QED) is 0.805. The molecule has 1 aliphatic heterocycles. The lowest BCUT2D eigenvalue weighted by Gasteiger charge is -2.27. The van der Waals surface area contributed by atoms with Crippen LogP contribution in [-0.4, -0.2) is 46.8 Å². The Labute approximate surface area is 127 Å². The van der Waals surface area contributed by atoms with Gasteiger partial charge in [0, 0.05) is 24.1 Å². The number of halogens is 1. The van der Waals surface area contributed by atoms with Gasteiger partial charge >= 0.3 is 0 Å². The van der Waals surface area contributed by atoms with Crippen LogP contribution in [0.1, 0.15) is 5.56 Å². The van der Waals surface area contributed by atoms with Gasteiger partial charge in [-0.2, -0.15) is 0 Å². The van der Waals surface area contributed by atoms with Crippen LogP contribution in [0.2, 0.25) is 0 Å². The van der Waals surface area contributed by atoms with E-state index in [2.05, 4.69) is 26.1 Å². The van der Waals surface area contributed by atoms with Gasteiger partial charge in [0.05, 0.1) is 18.1 Å². The highest BCUT2D eigenvalue weighted by atomic mass is 79.9. The Morgan fingerprint density at radius 1 is 1.35 bits per heavy atom. The third kappa shape index (κ3) is 4.00. The summed E-state index contributed by atoms with van der Waals surface area (Å²) in [6.07, 6.45) is 0. The second kappa shape index (κ2) is 6.97. The van der Waals surface area contributed by atoms with Crippen molar-refractivity contribution in [2.24, 2.45) is 0 Å². The fourth-order valence-corrected chi connectivity index (χ4v) is 4.08. The van der Waals surface area contributed by atoms with E-state index >= 15 is 0 Å². The van der Waals surface area contributed by atoms with E-state index in [4.69, 9.17) is 4.74 Å². The van der Waals surface area contributed by atoms with Crippen LogP contribution in [0, 0.1) is 0 Å². The van der Waals surface area contributed by atoms with E-state index in [1.165, 1.54) is 0 Å². The van der Waals surface area contributed by atoms with E-state index < -0.39 is 10.0 Å². The number of ether oxygens (including phenoxy) is 1. The Kier molecular flexibility index (Phi) is 5.53. The first-order valence-corrected chi connectivity index (χ1v) is 8.59. The molecular weight excluding hydrogens is 346 g/mol. The second-order valence-corrected chi connectivity index (χ2v) is 6.97. The standard InChI is InChI=1S/C12H18BrN3O3S/c1-14-9-10-2-3-11(13)12(8-10)20(17,18)15-16-4-6-19-7-5-16/h2-3,8,14-15H,4-7,9H2,1H3. The molecule has 8 heteroatoms. The van der Waals surface area contributed by atoms with Crippen LogP contribution in [-0.2, 0) is 21.3 Å². The number of hydrogen-bond acceptors (Lipinski definition) is 5. The van der Waals surface area contributed by atoms with Gasteiger partial charge in [0.1, 0.15) is 0 Å². The maximum atomic E-state index is 12.4. The van der Waals surface area contributed by atoms with Gasteiger partial charge in [0.15, 0.2) is 0 Å². The third-order valence-corrected chi connectivity index (χ3v) is 5.30. The minimum absolute atomic E-state index is 0.247. The normalized spacial score (nSPS) is 17.3. The van der Waals surface area contributed by atoms with Gasteiger partial charge in [-0.1, -0.05) is 6.07 Å². The molecule has 0 saturated carbocycles. The van der Waals surface area contributed by atoms with Crippen LogP contribution in [0.3, 0.4) is 0 Å². The summed E-state index contributed by atoms with van der Waals surface area (Å²) in [5, 5.41) is 4.67. The van der Waals surface area contributed by atoms with Gasteiger partial charge in [-0.05, 0) is 40.7 Å². The van der Waals surface area contributed by atoms with Crippen LogP contribution >= 0.6 is 15.9 Å². The molecule has 1 fully saturated rings. The molecule has 112 valence electrons. The molecule has 0 bridgehead atoms. The first-order valence-electron chi connectivity index (χ1n) is 6.31. The van der Waals surface area contributed by atoms with E-state index in [-0.39, 0.29) is 4.90 Å². The molecule has 0 atom stereocenters. The average Bonchev–Trinajstić information content (AvgIpc) is 2.42. The van der Waals surface area contributed by atoms with Crippen molar-refractivity contribution in [3.05, 3.63) is 28.2 Å². The Morgan fingerprint density at radius 3 is 2.70 bits per heavy atom. The van der Waals surface area contributed by atoms with Gasteiger partial charge in [-0.3, -0.25) is 0 Å². The lowest BCUT2D eigenvalue weighted by atomic mass is 10.2. The van der Waals surface area contributed by atoms with E-state index in [1.807, 2.05) is 13.1 Å². The van der Waals surface area contributed by atoms with Gasteiger partial charge in [0.25, 0.3) is 10.0 Å². The fourth-order valence-electron chi connectivity index (χ4n) is 1.94. The lowest BCUT2D eigenvalue weighted by molar-refractivity contribution is 0.0272. The van der Waals surface area contributed by atoms with Crippen molar-refractivity contribution < 1.29 is 13.2 Å². The number of rotatable bonds is 5. The van der Waals surface area contributed by atoms with E-state index in [9.17, 15) is 8.42 Å². The summed E-state index contributed by atoms with van der Waals surface area (Å²) in [7, 11) is -1.76. The number of morpholine rings is 1. The van der Waals surface area contributed by atoms with Crippen molar-refractivity contribution in [2.75, 3.05) is 33.4 Å². The minimum atomic E-state index is -3.59. The molecular formula is C12H18BrN3O3S. The largest absolute Gasteiger partial charge is 0.379 e. The Balaban J connectivity index is 2.21. The molecule has 1 heterocycles. The van der Waals surface area contributed by atoms with Crippen LogP contribution in [0.25, 0.3) is 0 Å². The summed E-state index contributed by atoms with van der Waals surface area (Å²) in [6, 6.07) is 5.30. The smallest absolute Gasteiger partial charge is 0.254 e. The second-order valence-electron chi connectivity index (χ2n) is 4.49. The summed E-state index contributed by atoms with van der Waals surface area (Å²) in [5.74, 6) is 0. The summed E-state index contributed by atoms with van der Waals surface area (Å²) in [6.45, 7) is 2.78. The molecule has 0 aromatic heterocycles. The van der Waals surface area contributed by atoms with Gasteiger partial charge in [-0.25, -0.2) is 13.4 Å². The molecule has 0 amide bonds. The van der Waals surface area contributed by atoms with Crippen LogP contribution in [0.4, 0.5) is 0 Å². The van der Waals surface area contributed by atoms with Crippen molar-refractivity contribution in [3.63, 3.8) is 0 Å². The Morgan fingerprint density at radius 2 is 2.05 bits per heavy atom. The minimum Gasteiger partial charge on any atom is -0.379 e. The molecule has 0 radical (unpaired) electrons. The third-order valence-electron chi connectivity index (χ3n) is 2.93. The van der Waals surface area contributed by atoms with E-state index in [0.29, 0.717) is 37.3 Å². The van der Waals surface area contributed by atoms with Gasteiger partial charge in [-0.15, -0.1) is 4.83 Å². The zero-order chi connectivity index (χ0) is 14.6.